The Morgan fingerprint density at radius 1 is 1.40 bits per heavy atom. The summed E-state index contributed by atoms with van der Waals surface area (Å²) >= 11 is 0. The molecule has 3 nitrogen and oxygen atoms in total. The van der Waals surface area contributed by atoms with E-state index in [1.807, 2.05) is 0 Å². The van der Waals surface area contributed by atoms with Gasteiger partial charge in [-0.05, 0) is 56.4 Å². The number of rotatable bonds is 5. The predicted octanol–water partition coefficient (Wildman–Crippen LogP) is 3.12. The van der Waals surface area contributed by atoms with Gasteiger partial charge >= 0.3 is 0 Å². The Hall–Kier alpha value is -1.00. The zero-order valence-electron chi connectivity index (χ0n) is 12.6. The van der Waals surface area contributed by atoms with Gasteiger partial charge in [-0.2, -0.15) is 0 Å². The zero-order valence-corrected chi connectivity index (χ0v) is 12.6. The summed E-state index contributed by atoms with van der Waals surface area (Å²) in [6.45, 7) is 7.99. The van der Waals surface area contributed by atoms with E-state index in [4.69, 9.17) is 5.73 Å². The van der Waals surface area contributed by atoms with Crippen molar-refractivity contribution in [2.24, 2.45) is 11.1 Å². The summed E-state index contributed by atoms with van der Waals surface area (Å²) in [6, 6.07) is 3.01. The second kappa shape index (κ2) is 6.64. The molecule has 20 heavy (non-hydrogen) atoms. The Labute approximate surface area is 121 Å². The van der Waals surface area contributed by atoms with Crippen LogP contribution >= 0.6 is 0 Å². The lowest BCUT2D eigenvalue weighted by Gasteiger charge is -2.39. The monoisotopic (exact) mass is 279 g/mol. The number of hydrogen-bond donors (Lipinski definition) is 1. The van der Waals surface area contributed by atoms with Crippen LogP contribution in [0.2, 0.25) is 0 Å². The van der Waals surface area contributed by atoms with Crippen LogP contribution in [0.4, 0.5) is 4.39 Å². The molecule has 0 spiro atoms. The van der Waals surface area contributed by atoms with Crippen molar-refractivity contribution in [1.29, 1.82) is 0 Å². The van der Waals surface area contributed by atoms with Crippen molar-refractivity contribution in [3.63, 3.8) is 0 Å². The van der Waals surface area contributed by atoms with Crippen LogP contribution in [-0.4, -0.2) is 29.5 Å². The standard InChI is InChI=1S/C16H26FN3/c1-3-16(2)7-10-20(11-8-16)9-6-14(18)15-5-4-13(17)12-19-15/h4-5,12,14H,3,6-11,18H2,1-2H3. The Bertz CT molecular complexity index is 410. The maximum atomic E-state index is 12.8. The normalized spacial score (nSPS) is 20.8. The van der Waals surface area contributed by atoms with E-state index in [-0.39, 0.29) is 11.9 Å². The SMILES string of the molecule is CCC1(C)CCN(CCC(N)c2ccc(F)cn2)CC1. The predicted molar refractivity (Wildman–Crippen MR) is 79.8 cm³/mol. The van der Waals surface area contributed by atoms with E-state index >= 15 is 0 Å². The summed E-state index contributed by atoms with van der Waals surface area (Å²) in [5, 5.41) is 0. The van der Waals surface area contributed by atoms with Crippen LogP contribution in [0.25, 0.3) is 0 Å². The number of aromatic nitrogens is 1. The molecular weight excluding hydrogens is 253 g/mol. The number of likely N-dealkylation sites (tertiary alicyclic amines) is 1. The quantitative estimate of drug-likeness (QED) is 0.900. The van der Waals surface area contributed by atoms with Gasteiger partial charge in [0.1, 0.15) is 5.82 Å². The minimum atomic E-state index is -0.309. The van der Waals surface area contributed by atoms with Crippen molar-refractivity contribution in [2.75, 3.05) is 19.6 Å². The van der Waals surface area contributed by atoms with Gasteiger partial charge in [0, 0.05) is 6.04 Å². The first-order chi connectivity index (χ1) is 9.52. The molecule has 0 aliphatic carbocycles. The first-order valence-corrected chi connectivity index (χ1v) is 7.62. The Balaban J connectivity index is 1.77. The first-order valence-electron chi connectivity index (χ1n) is 7.62. The van der Waals surface area contributed by atoms with Gasteiger partial charge in [0.25, 0.3) is 0 Å². The number of halogens is 1. The van der Waals surface area contributed by atoms with Crippen LogP contribution in [0.5, 0.6) is 0 Å². The fraction of sp³-hybridized carbons (Fsp3) is 0.688. The van der Waals surface area contributed by atoms with Crippen molar-refractivity contribution < 1.29 is 4.39 Å². The molecule has 2 rings (SSSR count). The van der Waals surface area contributed by atoms with Gasteiger partial charge in [-0.3, -0.25) is 4.98 Å². The molecule has 0 saturated carbocycles. The van der Waals surface area contributed by atoms with E-state index in [1.54, 1.807) is 6.07 Å². The Morgan fingerprint density at radius 3 is 2.65 bits per heavy atom. The molecule has 2 N–H and O–H groups in total. The largest absolute Gasteiger partial charge is 0.323 e. The smallest absolute Gasteiger partial charge is 0.141 e. The molecule has 1 aromatic heterocycles. The maximum absolute atomic E-state index is 12.8. The van der Waals surface area contributed by atoms with Crippen molar-refractivity contribution in [3.05, 3.63) is 29.8 Å². The molecule has 1 unspecified atom stereocenters. The lowest BCUT2D eigenvalue weighted by atomic mass is 9.78. The van der Waals surface area contributed by atoms with Crippen molar-refractivity contribution in [2.45, 2.75) is 45.6 Å². The average Bonchev–Trinajstić information content (AvgIpc) is 2.47. The molecule has 112 valence electrons. The first kappa shape index (κ1) is 15.4. The highest BCUT2D eigenvalue weighted by atomic mass is 19.1. The third-order valence-corrected chi connectivity index (χ3v) is 4.80. The fourth-order valence-electron chi connectivity index (χ4n) is 2.75. The van der Waals surface area contributed by atoms with Gasteiger partial charge in [-0.25, -0.2) is 4.39 Å². The van der Waals surface area contributed by atoms with E-state index in [0.29, 0.717) is 5.41 Å². The van der Waals surface area contributed by atoms with Crippen molar-refractivity contribution in [3.8, 4) is 0 Å². The second-order valence-corrected chi connectivity index (χ2v) is 6.30. The highest BCUT2D eigenvalue weighted by molar-refractivity contribution is 5.09. The molecule has 1 fully saturated rings. The van der Waals surface area contributed by atoms with Crippen LogP contribution in [0.3, 0.4) is 0 Å². The molecule has 1 aromatic rings. The van der Waals surface area contributed by atoms with E-state index in [0.717, 1.165) is 31.7 Å². The number of piperidine rings is 1. The molecule has 1 aliphatic rings. The minimum Gasteiger partial charge on any atom is -0.323 e. The lowest BCUT2D eigenvalue weighted by Crippen LogP contribution is -2.39. The highest BCUT2D eigenvalue weighted by Gasteiger charge is 2.28. The van der Waals surface area contributed by atoms with E-state index < -0.39 is 0 Å². The number of nitrogens with zero attached hydrogens (tertiary/aromatic N) is 2. The third-order valence-electron chi connectivity index (χ3n) is 4.80. The molecule has 1 atom stereocenters. The summed E-state index contributed by atoms with van der Waals surface area (Å²) in [6.07, 6.45) is 5.92. The maximum Gasteiger partial charge on any atom is 0.141 e. The molecule has 1 saturated heterocycles. The van der Waals surface area contributed by atoms with Gasteiger partial charge in [0.05, 0.1) is 11.9 Å². The van der Waals surface area contributed by atoms with Gasteiger partial charge in [-0.1, -0.05) is 20.3 Å². The molecule has 0 radical (unpaired) electrons. The van der Waals surface area contributed by atoms with Crippen molar-refractivity contribution in [1.82, 2.24) is 9.88 Å². The van der Waals surface area contributed by atoms with E-state index in [1.165, 1.54) is 31.5 Å². The van der Waals surface area contributed by atoms with Crippen LogP contribution in [0.15, 0.2) is 18.3 Å². The van der Waals surface area contributed by atoms with Crippen molar-refractivity contribution >= 4 is 0 Å². The summed E-state index contributed by atoms with van der Waals surface area (Å²) in [5.41, 5.74) is 7.43. The van der Waals surface area contributed by atoms with Gasteiger partial charge in [0.15, 0.2) is 0 Å². The molecule has 0 bridgehead atoms. The highest BCUT2D eigenvalue weighted by Crippen LogP contribution is 2.34. The van der Waals surface area contributed by atoms with Gasteiger partial charge < -0.3 is 10.6 Å². The van der Waals surface area contributed by atoms with Crippen LogP contribution in [-0.2, 0) is 0 Å². The Morgan fingerprint density at radius 2 is 2.10 bits per heavy atom. The van der Waals surface area contributed by atoms with Crippen LogP contribution in [0, 0.1) is 11.2 Å². The van der Waals surface area contributed by atoms with Gasteiger partial charge in [-0.15, -0.1) is 0 Å². The number of pyridine rings is 1. The molecule has 4 heteroatoms. The van der Waals surface area contributed by atoms with E-state index in [2.05, 4.69) is 23.7 Å². The third kappa shape index (κ3) is 4.00. The number of hydrogen-bond acceptors (Lipinski definition) is 3. The molecule has 2 heterocycles. The molecular formula is C16H26FN3. The summed E-state index contributed by atoms with van der Waals surface area (Å²) in [5.74, 6) is -0.309. The van der Waals surface area contributed by atoms with Gasteiger partial charge in [0.2, 0.25) is 0 Å². The summed E-state index contributed by atoms with van der Waals surface area (Å²) in [7, 11) is 0. The minimum absolute atomic E-state index is 0.102. The van der Waals surface area contributed by atoms with E-state index in [9.17, 15) is 4.39 Å². The van der Waals surface area contributed by atoms with Crippen LogP contribution < -0.4 is 5.73 Å². The molecule has 0 aromatic carbocycles. The second-order valence-electron chi connectivity index (χ2n) is 6.30. The number of nitrogens with two attached hydrogens (primary N) is 1. The molecule has 1 aliphatic heterocycles. The average molecular weight is 279 g/mol. The summed E-state index contributed by atoms with van der Waals surface area (Å²) in [4.78, 5) is 6.55. The topological polar surface area (TPSA) is 42.1 Å². The fourth-order valence-corrected chi connectivity index (χ4v) is 2.75. The zero-order chi connectivity index (χ0) is 14.6. The molecule has 0 amide bonds. The summed E-state index contributed by atoms with van der Waals surface area (Å²) < 4.78 is 12.8. The lowest BCUT2D eigenvalue weighted by molar-refractivity contribution is 0.112. The van der Waals surface area contributed by atoms with Crippen LogP contribution in [0.1, 0.15) is 51.3 Å². The Kier molecular flexibility index (Phi) is 5.11.